The Balaban J connectivity index is 2.07. The molecule has 108 valence electrons. The molecule has 0 aliphatic heterocycles. The van der Waals surface area contributed by atoms with Gasteiger partial charge in [0.1, 0.15) is 18.1 Å². The zero-order valence-corrected chi connectivity index (χ0v) is 12.6. The highest BCUT2D eigenvalue weighted by atomic mass is 16.5. The van der Waals surface area contributed by atoms with Crippen molar-refractivity contribution in [2.75, 3.05) is 6.54 Å². The van der Waals surface area contributed by atoms with E-state index in [1.54, 1.807) is 4.68 Å². The Morgan fingerprint density at radius 1 is 1.25 bits per heavy atom. The average Bonchev–Trinajstić information content (AvgIpc) is 2.81. The Morgan fingerprint density at radius 3 is 2.50 bits per heavy atom. The van der Waals surface area contributed by atoms with Gasteiger partial charge in [0.25, 0.3) is 0 Å². The molecule has 1 N–H and O–H groups in total. The van der Waals surface area contributed by atoms with E-state index in [0.29, 0.717) is 6.61 Å². The Kier molecular flexibility index (Phi) is 4.74. The third-order valence-electron chi connectivity index (χ3n) is 3.11. The summed E-state index contributed by atoms with van der Waals surface area (Å²) in [5.41, 5.74) is 4.43. The van der Waals surface area contributed by atoms with E-state index in [1.165, 1.54) is 5.56 Å². The van der Waals surface area contributed by atoms with Gasteiger partial charge in [-0.05, 0) is 37.1 Å². The van der Waals surface area contributed by atoms with Crippen LogP contribution in [0.25, 0.3) is 0 Å². The molecule has 20 heavy (non-hydrogen) atoms. The van der Waals surface area contributed by atoms with Crippen LogP contribution in [-0.2, 0) is 20.2 Å². The SMILES string of the molecule is CCNCc1cc(C)c(OCc2cn(C)nn2)c(C)c1. The summed E-state index contributed by atoms with van der Waals surface area (Å²) in [4.78, 5) is 0. The molecule has 0 spiro atoms. The van der Waals surface area contributed by atoms with Crippen LogP contribution < -0.4 is 10.1 Å². The zero-order valence-electron chi connectivity index (χ0n) is 12.6. The summed E-state index contributed by atoms with van der Waals surface area (Å²) >= 11 is 0. The Hall–Kier alpha value is -1.88. The summed E-state index contributed by atoms with van der Waals surface area (Å²) in [6.07, 6.45) is 1.87. The lowest BCUT2D eigenvalue weighted by molar-refractivity contribution is 0.297. The lowest BCUT2D eigenvalue weighted by atomic mass is 10.1. The van der Waals surface area contributed by atoms with E-state index in [0.717, 1.165) is 35.7 Å². The van der Waals surface area contributed by atoms with Gasteiger partial charge in [-0.3, -0.25) is 4.68 Å². The van der Waals surface area contributed by atoms with Gasteiger partial charge in [0.05, 0.1) is 6.20 Å². The molecule has 1 aromatic carbocycles. The first-order valence-electron chi connectivity index (χ1n) is 6.89. The van der Waals surface area contributed by atoms with Crippen LogP contribution in [-0.4, -0.2) is 21.5 Å². The molecule has 0 fully saturated rings. The van der Waals surface area contributed by atoms with Crippen LogP contribution in [0.4, 0.5) is 0 Å². The van der Waals surface area contributed by atoms with E-state index < -0.39 is 0 Å². The van der Waals surface area contributed by atoms with E-state index in [2.05, 4.69) is 48.5 Å². The third kappa shape index (κ3) is 3.57. The smallest absolute Gasteiger partial charge is 0.134 e. The number of hydrogen-bond donors (Lipinski definition) is 1. The maximum atomic E-state index is 5.89. The van der Waals surface area contributed by atoms with Crippen LogP contribution >= 0.6 is 0 Å². The molecule has 0 bridgehead atoms. The molecule has 0 saturated heterocycles. The van der Waals surface area contributed by atoms with Crippen LogP contribution in [0.15, 0.2) is 18.3 Å². The molecule has 5 nitrogen and oxygen atoms in total. The minimum absolute atomic E-state index is 0.447. The molecule has 0 atom stereocenters. The summed E-state index contributed by atoms with van der Waals surface area (Å²) in [7, 11) is 1.85. The van der Waals surface area contributed by atoms with Gasteiger partial charge >= 0.3 is 0 Å². The summed E-state index contributed by atoms with van der Waals surface area (Å²) in [6.45, 7) is 8.58. The second kappa shape index (κ2) is 6.52. The predicted molar refractivity (Wildman–Crippen MR) is 78.6 cm³/mol. The van der Waals surface area contributed by atoms with Crippen molar-refractivity contribution in [2.24, 2.45) is 7.05 Å². The monoisotopic (exact) mass is 274 g/mol. The Bertz CT molecular complexity index is 554. The van der Waals surface area contributed by atoms with Gasteiger partial charge in [0, 0.05) is 13.6 Å². The molecular weight excluding hydrogens is 252 g/mol. The Morgan fingerprint density at radius 2 is 1.95 bits per heavy atom. The second-order valence-electron chi connectivity index (χ2n) is 5.01. The third-order valence-corrected chi connectivity index (χ3v) is 3.11. The average molecular weight is 274 g/mol. The van der Waals surface area contributed by atoms with Crippen LogP contribution in [0, 0.1) is 13.8 Å². The molecule has 0 aliphatic rings. The number of hydrogen-bond acceptors (Lipinski definition) is 4. The van der Waals surface area contributed by atoms with E-state index in [9.17, 15) is 0 Å². The molecule has 0 radical (unpaired) electrons. The van der Waals surface area contributed by atoms with Crippen molar-refractivity contribution in [1.29, 1.82) is 0 Å². The fourth-order valence-electron chi connectivity index (χ4n) is 2.25. The molecule has 2 rings (SSSR count). The van der Waals surface area contributed by atoms with Crippen LogP contribution in [0.2, 0.25) is 0 Å². The summed E-state index contributed by atoms with van der Waals surface area (Å²) in [5, 5.41) is 11.3. The number of aromatic nitrogens is 3. The molecule has 0 unspecified atom stereocenters. The molecule has 1 aromatic heterocycles. The molecule has 5 heteroatoms. The normalized spacial score (nSPS) is 10.8. The lowest BCUT2D eigenvalue weighted by Crippen LogP contribution is -2.12. The number of benzene rings is 1. The minimum Gasteiger partial charge on any atom is -0.487 e. The van der Waals surface area contributed by atoms with E-state index in [4.69, 9.17) is 4.74 Å². The van der Waals surface area contributed by atoms with Crippen LogP contribution in [0.5, 0.6) is 5.75 Å². The highest BCUT2D eigenvalue weighted by Crippen LogP contribution is 2.25. The summed E-state index contributed by atoms with van der Waals surface area (Å²) < 4.78 is 7.57. The standard InChI is InChI=1S/C15H22N4O/c1-5-16-8-13-6-11(2)15(12(3)7-13)20-10-14-9-19(4)18-17-14/h6-7,9,16H,5,8,10H2,1-4H3. The molecule has 0 aliphatic carbocycles. The fraction of sp³-hybridized carbons (Fsp3) is 0.467. The maximum Gasteiger partial charge on any atom is 0.134 e. The van der Waals surface area contributed by atoms with Gasteiger partial charge in [-0.1, -0.05) is 24.3 Å². The number of rotatable bonds is 6. The largest absolute Gasteiger partial charge is 0.487 e. The molecule has 1 heterocycles. The van der Waals surface area contributed by atoms with Gasteiger partial charge in [0.15, 0.2) is 0 Å². The molecular formula is C15H22N4O. The van der Waals surface area contributed by atoms with Crippen molar-refractivity contribution in [3.63, 3.8) is 0 Å². The van der Waals surface area contributed by atoms with Crippen molar-refractivity contribution in [1.82, 2.24) is 20.3 Å². The van der Waals surface area contributed by atoms with Crippen molar-refractivity contribution in [3.05, 3.63) is 40.7 Å². The number of nitrogens with one attached hydrogen (secondary N) is 1. The van der Waals surface area contributed by atoms with E-state index >= 15 is 0 Å². The first-order chi connectivity index (χ1) is 9.60. The number of aryl methyl sites for hydroxylation is 3. The molecule has 2 aromatic rings. The number of ether oxygens (including phenoxy) is 1. The first-order valence-corrected chi connectivity index (χ1v) is 6.89. The van der Waals surface area contributed by atoms with Gasteiger partial charge < -0.3 is 10.1 Å². The van der Waals surface area contributed by atoms with Gasteiger partial charge in [0.2, 0.25) is 0 Å². The highest BCUT2D eigenvalue weighted by molar-refractivity contribution is 5.43. The molecule has 0 amide bonds. The van der Waals surface area contributed by atoms with E-state index in [-0.39, 0.29) is 0 Å². The van der Waals surface area contributed by atoms with Gasteiger partial charge in [-0.2, -0.15) is 0 Å². The molecule has 0 saturated carbocycles. The van der Waals surface area contributed by atoms with Crippen molar-refractivity contribution in [3.8, 4) is 5.75 Å². The summed E-state index contributed by atoms with van der Waals surface area (Å²) in [6, 6.07) is 4.34. The minimum atomic E-state index is 0.447. The predicted octanol–water partition coefficient (Wildman–Crippen LogP) is 2.12. The van der Waals surface area contributed by atoms with Crippen LogP contribution in [0.1, 0.15) is 29.3 Å². The van der Waals surface area contributed by atoms with E-state index in [1.807, 2.05) is 13.2 Å². The second-order valence-corrected chi connectivity index (χ2v) is 5.01. The topological polar surface area (TPSA) is 52.0 Å². The quantitative estimate of drug-likeness (QED) is 0.876. The lowest BCUT2D eigenvalue weighted by Gasteiger charge is -2.13. The first kappa shape index (κ1) is 14.5. The van der Waals surface area contributed by atoms with Crippen molar-refractivity contribution >= 4 is 0 Å². The summed E-state index contributed by atoms with van der Waals surface area (Å²) in [5.74, 6) is 0.941. The fourth-order valence-corrected chi connectivity index (χ4v) is 2.25. The van der Waals surface area contributed by atoms with Crippen molar-refractivity contribution < 1.29 is 4.74 Å². The Labute approximate surface area is 120 Å². The van der Waals surface area contributed by atoms with Gasteiger partial charge in [-0.15, -0.1) is 5.10 Å². The maximum absolute atomic E-state index is 5.89. The van der Waals surface area contributed by atoms with Crippen molar-refractivity contribution in [2.45, 2.75) is 33.9 Å². The van der Waals surface area contributed by atoms with Gasteiger partial charge in [-0.25, -0.2) is 0 Å². The zero-order chi connectivity index (χ0) is 14.5. The number of nitrogens with zero attached hydrogens (tertiary/aromatic N) is 3. The van der Waals surface area contributed by atoms with Crippen LogP contribution in [0.3, 0.4) is 0 Å². The highest BCUT2D eigenvalue weighted by Gasteiger charge is 2.08.